The van der Waals surface area contributed by atoms with Crippen LogP contribution in [0.25, 0.3) is 11.1 Å². The SMILES string of the molecule is COc1ccc(N=C2SCC(=O)N2c2ccc(-c3ccc(N4C(=O)CSC4=Nc4ccc(OC)cc4)c(C)c3)cc2C)cc1. The fourth-order valence-corrected chi connectivity index (χ4v) is 6.83. The molecule has 2 aliphatic rings. The van der Waals surface area contributed by atoms with Crippen LogP contribution in [0, 0.1) is 13.8 Å². The van der Waals surface area contributed by atoms with E-state index in [0.717, 1.165) is 56.5 Å². The Morgan fingerprint density at radius 2 is 0.977 bits per heavy atom. The monoisotopic (exact) mass is 622 g/mol. The number of ether oxygens (including phenoxy) is 2. The number of thioether (sulfide) groups is 2. The molecule has 0 spiro atoms. The first-order valence-electron chi connectivity index (χ1n) is 13.9. The Balaban J connectivity index is 1.26. The van der Waals surface area contributed by atoms with Crippen molar-refractivity contribution in [3.05, 3.63) is 96.1 Å². The van der Waals surface area contributed by atoms with Crippen LogP contribution in [-0.4, -0.2) is 47.9 Å². The van der Waals surface area contributed by atoms with Gasteiger partial charge in [0.05, 0.1) is 48.5 Å². The van der Waals surface area contributed by atoms with Crippen LogP contribution in [0.1, 0.15) is 11.1 Å². The summed E-state index contributed by atoms with van der Waals surface area (Å²) in [4.78, 5) is 38.8. The van der Waals surface area contributed by atoms with E-state index in [1.165, 1.54) is 23.5 Å². The van der Waals surface area contributed by atoms with Crippen molar-refractivity contribution in [1.82, 2.24) is 0 Å². The number of nitrogens with zero attached hydrogens (tertiary/aromatic N) is 4. The lowest BCUT2D eigenvalue weighted by Gasteiger charge is -2.21. The Kier molecular flexibility index (Phi) is 8.45. The molecule has 0 unspecified atom stereocenters. The zero-order chi connectivity index (χ0) is 30.8. The second kappa shape index (κ2) is 12.6. The van der Waals surface area contributed by atoms with Gasteiger partial charge in [-0.1, -0.05) is 35.7 Å². The van der Waals surface area contributed by atoms with E-state index in [2.05, 4.69) is 12.1 Å². The van der Waals surface area contributed by atoms with Gasteiger partial charge in [0.25, 0.3) is 0 Å². The Morgan fingerprint density at radius 1 is 0.591 bits per heavy atom. The summed E-state index contributed by atoms with van der Waals surface area (Å²) in [6.07, 6.45) is 0. The van der Waals surface area contributed by atoms with Gasteiger partial charge in [0.2, 0.25) is 11.8 Å². The zero-order valence-electron chi connectivity index (χ0n) is 24.7. The summed E-state index contributed by atoms with van der Waals surface area (Å²) in [5.74, 6) is 2.19. The second-order valence-corrected chi connectivity index (χ2v) is 12.1. The summed E-state index contributed by atoms with van der Waals surface area (Å²) < 4.78 is 10.5. The molecule has 0 aromatic heterocycles. The van der Waals surface area contributed by atoms with Crippen LogP contribution >= 0.6 is 23.5 Å². The molecule has 4 aromatic carbocycles. The maximum Gasteiger partial charge on any atom is 0.243 e. The number of anilines is 2. The van der Waals surface area contributed by atoms with Crippen LogP contribution in [0.4, 0.5) is 22.7 Å². The summed E-state index contributed by atoms with van der Waals surface area (Å²) >= 11 is 2.86. The maximum atomic E-state index is 12.9. The van der Waals surface area contributed by atoms with Crippen molar-refractivity contribution in [3.63, 3.8) is 0 Å². The third kappa shape index (κ3) is 5.95. The number of carbonyl (C=O) groups excluding carboxylic acids is 2. The van der Waals surface area contributed by atoms with Crippen molar-refractivity contribution in [3.8, 4) is 22.6 Å². The van der Waals surface area contributed by atoms with Gasteiger partial charge in [-0.25, -0.2) is 9.98 Å². The number of benzene rings is 4. The fourth-order valence-electron chi connectivity index (χ4n) is 5.07. The summed E-state index contributed by atoms with van der Waals surface area (Å²) in [7, 11) is 3.25. The summed E-state index contributed by atoms with van der Waals surface area (Å²) in [6.45, 7) is 4.01. The average molecular weight is 623 g/mol. The van der Waals surface area contributed by atoms with Gasteiger partial charge in [-0.3, -0.25) is 19.4 Å². The van der Waals surface area contributed by atoms with Crippen LogP contribution in [0.5, 0.6) is 11.5 Å². The number of hydrogen-bond donors (Lipinski definition) is 0. The molecule has 2 aliphatic heterocycles. The number of aryl methyl sites for hydroxylation is 2. The largest absolute Gasteiger partial charge is 0.497 e. The molecule has 2 heterocycles. The van der Waals surface area contributed by atoms with E-state index >= 15 is 0 Å². The molecular formula is C34H30N4O4S2. The third-order valence-corrected chi connectivity index (χ3v) is 9.18. The van der Waals surface area contributed by atoms with Gasteiger partial charge in [-0.2, -0.15) is 0 Å². The highest BCUT2D eigenvalue weighted by Gasteiger charge is 2.32. The van der Waals surface area contributed by atoms with E-state index in [9.17, 15) is 9.59 Å². The van der Waals surface area contributed by atoms with Crippen LogP contribution in [0.15, 0.2) is 94.9 Å². The molecule has 0 aliphatic carbocycles. The van der Waals surface area contributed by atoms with Crippen molar-refractivity contribution in [2.24, 2.45) is 9.98 Å². The van der Waals surface area contributed by atoms with E-state index in [-0.39, 0.29) is 11.8 Å². The van der Waals surface area contributed by atoms with Gasteiger partial charge in [0.1, 0.15) is 11.5 Å². The van der Waals surface area contributed by atoms with Crippen LogP contribution < -0.4 is 19.3 Å². The highest BCUT2D eigenvalue weighted by molar-refractivity contribution is 8.15. The maximum absolute atomic E-state index is 12.9. The molecule has 0 saturated carbocycles. The lowest BCUT2D eigenvalue weighted by molar-refractivity contribution is -0.115. The van der Waals surface area contributed by atoms with Gasteiger partial charge in [0.15, 0.2) is 10.3 Å². The molecule has 2 fully saturated rings. The van der Waals surface area contributed by atoms with Gasteiger partial charge in [-0.15, -0.1) is 0 Å². The van der Waals surface area contributed by atoms with E-state index in [1.54, 1.807) is 24.0 Å². The Labute approximate surface area is 264 Å². The minimum Gasteiger partial charge on any atom is -0.497 e. The molecule has 2 amide bonds. The molecule has 222 valence electrons. The predicted molar refractivity (Wildman–Crippen MR) is 181 cm³/mol. The molecule has 0 atom stereocenters. The van der Waals surface area contributed by atoms with Crippen LogP contribution in [0.3, 0.4) is 0 Å². The molecule has 2 saturated heterocycles. The molecule has 8 nitrogen and oxygen atoms in total. The normalized spacial score (nSPS) is 16.8. The lowest BCUT2D eigenvalue weighted by atomic mass is 9.99. The number of methoxy groups -OCH3 is 2. The first kappa shape index (κ1) is 29.5. The summed E-state index contributed by atoms with van der Waals surface area (Å²) in [5.41, 5.74) is 7.08. The van der Waals surface area contributed by atoms with Crippen molar-refractivity contribution < 1.29 is 19.1 Å². The number of amidine groups is 2. The van der Waals surface area contributed by atoms with Crippen molar-refractivity contribution >= 4 is 68.4 Å². The standard InChI is InChI=1S/C34H30N4O4S2/c1-21-17-23(5-15-29(21)37-31(39)19-43-33(37)35-25-7-11-27(41-3)12-8-25)24-6-16-30(22(2)18-24)38-32(40)20-44-34(38)36-26-9-13-28(42-4)14-10-26/h5-18H,19-20H2,1-4H3. The lowest BCUT2D eigenvalue weighted by Crippen LogP contribution is -2.29. The topological polar surface area (TPSA) is 83.8 Å². The highest BCUT2D eigenvalue weighted by atomic mass is 32.2. The highest BCUT2D eigenvalue weighted by Crippen LogP contribution is 2.37. The Morgan fingerprint density at radius 3 is 1.32 bits per heavy atom. The number of hydrogen-bond acceptors (Lipinski definition) is 8. The van der Waals surface area contributed by atoms with Gasteiger partial charge >= 0.3 is 0 Å². The first-order valence-corrected chi connectivity index (χ1v) is 15.9. The molecule has 0 bridgehead atoms. The van der Waals surface area contributed by atoms with Crippen molar-refractivity contribution in [2.45, 2.75) is 13.8 Å². The van der Waals surface area contributed by atoms with E-state index < -0.39 is 0 Å². The number of amides is 2. The van der Waals surface area contributed by atoms with Gasteiger partial charge in [0, 0.05) is 0 Å². The second-order valence-electron chi connectivity index (χ2n) is 10.2. The number of carbonyl (C=O) groups is 2. The molecular weight excluding hydrogens is 593 g/mol. The molecule has 0 radical (unpaired) electrons. The van der Waals surface area contributed by atoms with Gasteiger partial charge < -0.3 is 9.47 Å². The molecule has 0 N–H and O–H groups in total. The van der Waals surface area contributed by atoms with Crippen LogP contribution in [0.2, 0.25) is 0 Å². The molecule has 44 heavy (non-hydrogen) atoms. The first-order chi connectivity index (χ1) is 21.3. The van der Waals surface area contributed by atoms with Crippen LogP contribution in [-0.2, 0) is 9.59 Å². The number of aliphatic imine (C=N–C) groups is 2. The zero-order valence-corrected chi connectivity index (χ0v) is 26.4. The quantitative estimate of drug-likeness (QED) is 0.212. The minimum absolute atomic E-state index is 0.00133. The third-order valence-electron chi connectivity index (χ3n) is 7.33. The Hall–Kier alpha value is -4.54. The number of rotatable bonds is 7. The molecule has 4 aromatic rings. The average Bonchev–Trinajstić information content (AvgIpc) is 3.58. The molecule has 10 heteroatoms. The van der Waals surface area contributed by atoms with Gasteiger partial charge in [-0.05, 0) is 109 Å². The summed E-state index contributed by atoms with van der Waals surface area (Å²) in [6, 6.07) is 27.1. The fraction of sp³-hybridized carbons (Fsp3) is 0.176. The smallest absolute Gasteiger partial charge is 0.243 e. The molecule has 6 rings (SSSR count). The van der Waals surface area contributed by atoms with Crippen molar-refractivity contribution in [1.29, 1.82) is 0 Å². The van der Waals surface area contributed by atoms with Crippen molar-refractivity contribution in [2.75, 3.05) is 35.5 Å². The Bertz CT molecular complexity index is 1670. The van der Waals surface area contributed by atoms with E-state index in [4.69, 9.17) is 19.5 Å². The van der Waals surface area contributed by atoms with E-state index in [0.29, 0.717) is 21.8 Å². The summed E-state index contributed by atoms with van der Waals surface area (Å²) in [5, 5.41) is 1.30. The minimum atomic E-state index is -0.00133. The predicted octanol–water partition coefficient (Wildman–Crippen LogP) is 7.52. The van der Waals surface area contributed by atoms with E-state index in [1.807, 2.05) is 86.6 Å².